The Morgan fingerprint density at radius 2 is 1.50 bits per heavy atom. The number of rotatable bonds is 3. The molecule has 0 saturated carbocycles. The molecule has 0 aliphatic carbocycles. The summed E-state index contributed by atoms with van der Waals surface area (Å²) in [5.41, 5.74) is 0.436. The van der Waals surface area contributed by atoms with Crippen molar-refractivity contribution in [1.82, 2.24) is 14.7 Å². The van der Waals surface area contributed by atoms with Gasteiger partial charge in [0.1, 0.15) is 11.4 Å². The van der Waals surface area contributed by atoms with Crippen molar-refractivity contribution < 1.29 is 19.1 Å². The Balaban J connectivity index is 1.36. The van der Waals surface area contributed by atoms with Gasteiger partial charge in [-0.1, -0.05) is 12.1 Å². The molecule has 1 aromatic carbocycles. The van der Waals surface area contributed by atoms with Gasteiger partial charge in [-0.15, -0.1) is 0 Å². The number of hydrogen-bond acceptors (Lipinski definition) is 5. The predicted molar refractivity (Wildman–Crippen MR) is 115 cm³/mol. The van der Waals surface area contributed by atoms with Crippen LogP contribution in [0.1, 0.15) is 39.2 Å². The van der Waals surface area contributed by atoms with Crippen LogP contribution in [0.25, 0.3) is 0 Å². The molecule has 0 atom stereocenters. The monoisotopic (exact) mass is 416 g/mol. The third kappa shape index (κ3) is 6.62. The molecular formula is C23H34N3O4. The lowest BCUT2D eigenvalue weighted by Gasteiger charge is -2.38. The highest BCUT2D eigenvalue weighted by Gasteiger charge is 2.29. The zero-order valence-corrected chi connectivity index (χ0v) is 18.4. The molecule has 0 bridgehead atoms. The number of carbonyl (C=O) groups excluding carboxylic acids is 2. The van der Waals surface area contributed by atoms with Crippen molar-refractivity contribution in [3.05, 3.63) is 36.8 Å². The van der Waals surface area contributed by atoms with E-state index in [-0.39, 0.29) is 12.2 Å². The van der Waals surface area contributed by atoms with E-state index in [2.05, 4.69) is 11.8 Å². The number of piperazine rings is 1. The standard InChI is InChI=1S/C23H34N3O4/c1-18-5-7-20(8-6-18)29-21(27)26-15-13-24(14-16-26)17-19-9-11-25(12-10-19)22(28)30-23(2,3)4/h5-8,19H,1,9-17H2,2-4H3. The van der Waals surface area contributed by atoms with Gasteiger partial charge in [-0.25, -0.2) is 9.59 Å². The number of amides is 2. The fourth-order valence-electron chi connectivity index (χ4n) is 3.83. The molecule has 165 valence electrons. The molecule has 3 rings (SSSR count). The number of ether oxygens (including phenoxy) is 2. The molecular weight excluding hydrogens is 382 g/mol. The topological polar surface area (TPSA) is 62.3 Å². The van der Waals surface area contributed by atoms with Crippen LogP contribution in [0.4, 0.5) is 9.59 Å². The second kappa shape index (κ2) is 9.69. The first-order valence-electron chi connectivity index (χ1n) is 10.8. The molecule has 7 nitrogen and oxygen atoms in total. The summed E-state index contributed by atoms with van der Waals surface area (Å²) < 4.78 is 10.9. The summed E-state index contributed by atoms with van der Waals surface area (Å²) in [7, 11) is 0. The van der Waals surface area contributed by atoms with Crippen LogP contribution in [0.5, 0.6) is 5.75 Å². The average Bonchev–Trinajstić information content (AvgIpc) is 2.69. The maximum Gasteiger partial charge on any atom is 0.415 e. The first-order chi connectivity index (χ1) is 14.2. The van der Waals surface area contributed by atoms with Crippen LogP contribution in [0.2, 0.25) is 0 Å². The number of hydrogen-bond donors (Lipinski definition) is 0. The molecule has 2 heterocycles. The van der Waals surface area contributed by atoms with E-state index >= 15 is 0 Å². The molecule has 0 spiro atoms. The summed E-state index contributed by atoms with van der Waals surface area (Å²) >= 11 is 0. The van der Waals surface area contributed by atoms with Crippen molar-refractivity contribution in [2.45, 2.75) is 39.2 Å². The quantitative estimate of drug-likeness (QED) is 0.753. The van der Waals surface area contributed by atoms with Gasteiger partial charge >= 0.3 is 12.2 Å². The van der Waals surface area contributed by atoms with Crippen LogP contribution >= 0.6 is 0 Å². The van der Waals surface area contributed by atoms with Crippen molar-refractivity contribution >= 4 is 12.2 Å². The van der Waals surface area contributed by atoms with E-state index in [1.807, 2.05) is 37.8 Å². The third-order valence-corrected chi connectivity index (χ3v) is 5.54. The molecule has 2 saturated heterocycles. The molecule has 2 fully saturated rings. The maximum absolute atomic E-state index is 12.4. The summed E-state index contributed by atoms with van der Waals surface area (Å²) in [6.07, 6.45) is 1.48. The van der Waals surface area contributed by atoms with Crippen LogP contribution < -0.4 is 4.74 Å². The minimum absolute atomic E-state index is 0.210. The van der Waals surface area contributed by atoms with Crippen LogP contribution in [0.15, 0.2) is 24.3 Å². The summed E-state index contributed by atoms with van der Waals surface area (Å²) in [6, 6.07) is 7.18. The van der Waals surface area contributed by atoms with Gasteiger partial charge in [0.15, 0.2) is 0 Å². The van der Waals surface area contributed by atoms with Gasteiger partial charge < -0.3 is 19.3 Å². The zero-order chi connectivity index (χ0) is 21.7. The van der Waals surface area contributed by atoms with Gasteiger partial charge in [0.2, 0.25) is 0 Å². The Morgan fingerprint density at radius 3 is 2.07 bits per heavy atom. The van der Waals surface area contributed by atoms with Gasteiger partial charge in [0.05, 0.1) is 0 Å². The maximum atomic E-state index is 12.4. The highest BCUT2D eigenvalue weighted by molar-refractivity contribution is 5.70. The average molecular weight is 417 g/mol. The third-order valence-electron chi connectivity index (χ3n) is 5.54. The highest BCUT2D eigenvalue weighted by Crippen LogP contribution is 2.21. The van der Waals surface area contributed by atoms with Crippen LogP contribution in [-0.4, -0.2) is 78.3 Å². The predicted octanol–water partition coefficient (Wildman–Crippen LogP) is 3.63. The SMILES string of the molecule is [CH2]c1ccc(OC(=O)N2CCN(CC3CCN(C(=O)OC(C)(C)C)CC3)CC2)cc1. The van der Waals surface area contributed by atoms with Crippen molar-refractivity contribution in [2.24, 2.45) is 5.92 Å². The van der Waals surface area contributed by atoms with E-state index in [1.165, 1.54) is 0 Å². The number of piperidine rings is 1. The zero-order valence-electron chi connectivity index (χ0n) is 18.4. The van der Waals surface area contributed by atoms with Crippen LogP contribution in [0.3, 0.4) is 0 Å². The smallest absolute Gasteiger partial charge is 0.415 e. The van der Waals surface area contributed by atoms with E-state index < -0.39 is 5.60 Å². The second-order valence-corrected chi connectivity index (χ2v) is 9.21. The molecule has 7 heteroatoms. The van der Waals surface area contributed by atoms with E-state index in [1.54, 1.807) is 17.0 Å². The van der Waals surface area contributed by atoms with Gasteiger partial charge in [0, 0.05) is 45.8 Å². The van der Waals surface area contributed by atoms with Crippen molar-refractivity contribution in [2.75, 3.05) is 45.8 Å². The van der Waals surface area contributed by atoms with Crippen molar-refractivity contribution in [3.63, 3.8) is 0 Å². The number of benzene rings is 1. The van der Waals surface area contributed by atoms with Gasteiger partial charge in [-0.05, 0) is 64.2 Å². The Bertz CT molecular complexity index is 713. The Kier molecular flexibility index (Phi) is 7.23. The van der Waals surface area contributed by atoms with E-state index in [9.17, 15) is 9.59 Å². The van der Waals surface area contributed by atoms with E-state index in [0.717, 1.165) is 51.1 Å². The summed E-state index contributed by atoms with van der Waals surface area (Å²) in [5.74, 6) is 1.12. The first kappa shape index (κ1) is 22.4. The molecule has 30 heavy (non-hydrogen) atoms. The summed E-state index contributed by atoms with van der Waals surface area (Å²) in [6.45, 7) is 15.1. The largest absolute Gasteiger partial charge is 0.444 e. The molecule has 2 amide bonds. The normalized spacial score (nSPS) is 18.9. The molecule has 2 aliphatic rings. The number of carbonyl (C=O) groups is 2. The number of nitrogens with zero attached hydrogens (tertiary/aromatic N) is 3. The van der Waals surface area contributed by atoms with Crippen LogP contribution in [0, 0.1) is 12.8 Å². The molecule has 0 unspecified atom stereocenters. The van der Waals surface area contributed by atoms with Crippen LogP contribution in [-0.2, 0) is 4.74 Å². The summed E-state index contributed by atoms with van der Waals surface area (Å²) in [5, 5.41) is 0. The molecule has 2 aliphatic heterocycles. The van der Waals surface area contributed by atoms with Crippen molar-refractivity contribution in [1.29, 1.82) is 0 Å². The van der Waals surface area contributed by atoms with Gasteiger partial charge in [0.25, 0.3) is 0 Å². The van der Waals surface area contributed by atoms with E-state index in [4.69, 9.17) is 9.47 Å². The van der Waals surface area contributed by atoms with Gasteiger partial charge in [-0.3, -0.25) is 4.90 Å². The summed E-state index contributed by atoms with van der Waals surface area (Å²) in [4.78, 5) is 30.6. The van der Waals surface area contributed by atoms with Gasteiger partial charge in [-0.2, -0.15) is 0 Å². The van der Waals surface area contributed by atoms with Crippen molar-refractivity contribution in [3.8, 4) is 5.75 Å². The Hall–Kier alpha value is -2.28. The molecule has 0 N–H and O–H groups in total. The first-order valence-corrected chi connectivity index (χ1v) is 10.8. The number of likely N-dealkylation sites (tertiary alicyclic amines) is 1. The highest BCUT2D eigenvalue weighted by atomic mass is 16.6. The molecule has 1 aromatic rings. The fourth-order valence-corrected chi connectivity index (χ4v) is 3.83. The molecule has 1 radical (unpaired) electrons. The Morgan fingerprint density at radius 1 is 0.933 bits per heavy atom. The fraction of sp³-hybridized carbons (Fsp3) is 0.609. The lowest BCUT2D eigenvalue weighted by atomic mass is 9.96. The van der Waals surface area contributed by atoms with E-state index in [0.29, 0.717) is 24.8 Å². The lowest BCUT2D eigenvalue weighted by Crippen LogP contribution is -2.51. The lowest BCUT2D eigenvalue weighted by molar-refractivity contribution is 0.0162. The minimum atomic E-state index is -0.453. The minimum Gasteiger partial charge on any atom is -0.444 e. The Labute approximate surface area is 179 Å². The second-order valence-electron chi connectivity index (χ2n) is 9.21. The molecule has 0 aromatic heterocycles.